The first-order valence-corrected chi connectivity index (χ1v) is 6.47. The zero-order valence-corrected chi connectivity index (χ0v) is 11.4. The molecule has 3 rings (SSSR count). The highest BCUT2D eigenvalue weighted by atomic mass is 16.4. The maximum Gasteiger partial charge on any atom is 0.354 e. The van der Waals surface area contributed by atoms with E-state index >= 15 is 0 Å². The number of aryl methyl sites for hydroxylation is 2. The molecule has 0 radical (unpaired) electrons. The number of benzene rings is 1. The third kappa shape index (κ3) is 1.87. The molecule has 1 N–H and O–H groups in total. The second-order valence-corrected chi connectivity index (χ2v) is 4.76. The number of aromatic carboxylic acids is 1. The lowest BCUT2D eigenvalue weighted by atomic mass is 10.1. The fourth-order valence-corrected chi connectivity index (χ4v) is 2.30. The number of carboxylic acid groups (broad SMARTS) is 1. The van der Waals surface area contributed by atoms with E-state index < -0.39 is 5.97 Å². The maximum atomic E-state index is 11.1. The highest BCUT2D eigenvalue weighted by molar-refractivity contribution is 5.86. The van der Waals surface area contributed by atoms with Crippen LogP contribution in [0, 0.1) is 0 Å². The summed E-state index contributed by atoms with van der Waals surface area (Å²) in [5.74, 6) is -0.330. The van der Waals surface area contributed by atoms with E-state index in [4.69, 9.17) is 5.11 Å². The van der Waals surface area contributed by atoms with Gasteiger partial charge >= 0.3 is 5.97 Å². The molecule has 2 heterocycles. The van der Waals surface area contributed by atoms with Crippen LogP contribution in [0.3, 0.4) is 0 Å². The van der Waals surface area contributed by atoms with Gasteiger partial charge in [-0.3, -0.25) is 4.40 Å². The van der Waals surface area contributed by atoms with Crippen molar-refractivity contribution in [3.63, 3.8) is 0 Å². The Morgan fingerprint density at radius 3 is 2.50 bits per heavy atom. The summed E-state index contributed by atoms with van der Waals surface area (Å²) in [6, 6.07) is 8.25. The quantitative estimate of drug-likeness (QED) is 0.795. The van der Waals surface area contributed by atoms with Gasteiger partial charge in [-0.2, -0.15) is 0 Å². The molecule has 0 aliphatic carbocycles. The molecular weight excluding hydrogens is 254 g/mol. The molecule has 0 saturated heterocycles. The molecular formula is C15H15N3O2. The first-order valence-electron chi connectivity index (χ1n) is 6.47. The summed E-state index contributed by atoms with van der Waals surface area (Å²) < 4.78 is 3.32. The SMILES string of the molecule is CCc1ccc(-c2cn3cc(C(=O)O)n(C)c3n2)cc1. The van der Waals surface area contributed by atoms with Crippen LogP contribution < -0.4 is 0 Å². The fourth-order valence-electron chi connectivity index (χ4n) is 2.30. The lowest BCUT2D eigenvalue weighted by Crippen LogP contribution is -2.04. The fraction of sp³-hybridized carbons (Fsp3) is 0.200. The summed E-state index contributed by atoms with van der Waals surface area (Å²) in [5, 5.41) is 9.07. The van der Waals surface area contributed by atoms with Gasteiger partial charge in [0.25, 0.3) is 0 Å². The molecule has 0 spiro atoms. The molecule has 0 amide bonds. The number of imidazole rings is 2. The van der Waals surface area contributed by atoms with Gasteiger partial charge in [0.15, 0.2) is 0 Å². The van der Waals surface area contributed by atoms with E-state index in [0.29, 0.717) is 5.78 Å². The smallest absolute Gasteiger partial charge is 0.354 e. The molecule has 0 atom stereocenters. The normalized spacial score (nSPS) is 11.1. The number of carboxylic acids is 1. The van der Waals surface area contributed by atoms with E-state index in [0.717, 1.165) is 17.7 Å². The van der Waals surface area contributed by atoms with E-state index in [1.807, 2.05) is 18.3 Å². The Balaban J connectivity index is 2.06. The number of nitrogens with zero attached hydrogens (tertiary/aromatic N) is 3. The van der Waals surface area contributed by atoms with Gasteiger partial charge in [0.05, 0.1) is 5.69 Å². The van der Waals surface area contributed by atoms with E-state index in [2.05, 4.69) is 24.0 Å². The molecule has 2 aromatic heterocycles. The maximum absolute atomic E-state index is 11.1. The number of hydrogen-bond acceptors (Lipinski definition) is 2. The predicted molar refractivity (Wildman–Crippen MR) is 75.9 cm³/mol. The van der Waals surface area contributed by atoms with Crippen molar-refractivity contribution in [1.29, 1.82) is 0 Å². The standard InChI is InChI=1S/C15H15N3O2/c1-3-10-4-6-11(7-5-10)12-8-18-9-13(14(19)20)17(2)15(18)16-12/h4-9H,3H2,1-2H3,(H,19,20). The number of fused-ring (bicyclic) bond motifs is 1. The van der Waals surface area contributed by atoms with Gasteiger partial charge in [0, 0.05) is 25.0 Å². The lowest BCUT2D eigenvalue weighted by Gasteiger charge is -1.99. The van der Waals surface area contributed by atoms with Crippen LogP contribution in [0.15, 0.2) is 36.7 Å². The Hall–Kier alpha value is -2.56. The molecule has 0 aliphatic heterocycles. The minimum absolute atomic E-state index is 0.223. The first kappa shape index (κ1) is 12.5. The molecule has 20 heavy (non-hydrogen) atoms. The zero-order valence-electron chi connectivity index (χ0n) is 11.4. The Morgan fingerprint density at radius 1 is 1.25 bits per heavy atom. The number of rotatable bonds is 3. The average molecular weight is 269 g/mol. The van der Waals surface area contributed by atoms with Crippen molar-refractivity contribution >= 4 is 11.7 Å². The van der Waals surface area contributed by atoms with Gasteiger partial charge < -0.3 is 9.67 Å². The van der Waals surface area contributed by atoms with E-state index in [9.17, 15) is 4.79 Å². The lowest BCUT2D eigenvalue weighted by molar-refractivity contribution is 0.0686. The molecule has 0 saturated carbocycles. The second kappa shape index (κ2) is 4.52. The van der Waals surface area contributed by atoms with Gasteiger partial charge in [-0.25, -0.2) is 9.78 Å². The Bertz CT molecular complexity index is 781. The molecule has 5 heteroatoms. The van der Waals surface area contributed by atoms with Crippen molar-refractivity contribution in [1.82, 2.24) is 14.0 Å². The minimum Gasteiger partial charge on any atom is -0.477 e. The van der Waals surface area contributed by atoms with Crippen LogP contribution in [0.2, 0.25) is 0 Å². The van der Waals surface area contributed by atoms with Crippen LogP contribution in [-0.4, -0.2) is 25.0 Å². The third-order valence-electron chi connectivity index (χ3n) is 3.51. The van der Waals surface area contributed by atoms with Gasteiger partial charge in [-0.1, -0.05) is 31.2 Å². The predicted octanol–water partition coefficient (Wildman–Crippen LogP) is 2.60. The molecule has 102 valence electrons. The van der Waals surface area contributed by atoms with Crippen LogP contribution in [0.5, 0.6) is 0 Å². The molecule has 0 bridgehead atoms. The van der Waals surface area contributed by atoms with E-state index in [-0.39, 0.29) is 5.69 Å². The van der Waals surface area contributed by atoms with Gasteiger partial charge in [-0.15, -0.1) is 0 Å². The van der Waals surface area contributed by atoms with Crippen molar-refractivity contribution in [2.75, 3.05) is 0 Å². The summed E-state index contributed by atoms with van der Waals surface area (Å²) in [6.07, 6.45) is 4.44. The van der Waals surface area contributed by atoms with Crippen LogP contribution in [0.1, 0.15) is 23.0 Å². The molecule has 0 aliphatic rings. The second-order valence-electron chi connectivity index (χ2n) is 4.76. The third-order valence-corrected chi connectivity index (χ3v) is 3.51. The van der Waals surface area contributed by atoms with Crippen molar-refractivity contribution < 1.29 is 9.90 Å². The highest BCUT2D eigenvalue weighted by Crippen LogP contribution is 2.21. The number of carbonyl (C=O) groups is 1. The van der Waals surface area contributed by atoms with Crippen LogP contribution in [0.4, 0.5) is 0 Å². The monoisotopic (exact) mass is 269 g/mol. The molecule has 0 fully saturated rings. The first-order chi connectivity index (χ1) is 9.60. The van der Waals surface area contributed by atoms with E-state index in [1.54, 1.807) is 22.2 Å². The Kier molecular flexibility index (Phi) is 2.82. The van der Waals surface area contributed by atoms with Crippen molar-refractivity contribution in [3.05, 3.63) is 47.9 Å². The summed E-state index contributed by atoms with van der Waals surface area (Å²) >= 11 is 0. The largest absolute Gasteiger partial charge is 0.477 e. The number of aromatic nitrogens is 3. The summed E-state index contributed by atoms with van der Waals surface area (Å²) in [4.78, 5) is 15.6. The van der Waals surface area contributed by atoms with Crippen LogP contribution in [-0.2, 0) is 13.5 Å². The molecule has 5 nitrogen and oxygen atoms in total. The Morgan fingerprint density at radius 2 is 1.95 bits per heavy atom. The van der Waals surface area contributed by atoms with Gasteiger partial charge in [0.1, 0.15) is 5.69 Å². The summed E-state index contributed by atoms with van der Waals surface area (Å²) in [5.41, 5.74) is 3.38. The van der Waals surface area contributed by atoms with Crippen molar-refractivity contribution in [2.45, 2.75) is 13.3 Å². The zero-order chi connectivity index (χ0) is 14.3. The topological polar surface area (TPSA) is 59.5 Å². The summed E-state index contributed by atoms with van der Waals surface area (Å²) in [6.45, 7) is 2.12. The van der Waals surface area contributed by atoms with Crippen LogP contribution in [0.25, 0.3) is 17.0 Å². The molecule has 0 unspecified atom stereocenters. The van der Waals surface area contributed by atoms with Gasteiger partial charge in [0.2, 0.25) is 5.78 Å². The van der Waals surface area contributed by atoms with Crippen molar-refractivity contribution in [2.24, 2.45) is 7.05 Å². The summed E-state index contributed by atoms with van der Waals surface area (Å²) in [7, 11) is 1.70. The van der Waals surface area contributed by atoms with Gasteiger partial charge in [-0.05, 0) is 12.0 Å². The Labute approximate surface area is 116 Å². The average Bonchev–Trinajstić information content (AvgIpc) is 2.99. The van der Waals surface area contributed by atoms with E-state index in [1.165, 1.54) is 5.56 Å². The molecule has 3 aromatic rings. The highest BCUT2D eigenvalue weighted by Gasteiger charge is 2.15. The minimum atomic E-state index is -0.952. The van der Waals surface area contributed by atoms with Crippen molar-refractivity contribution in [3.8, 4) is 11.3 Å². The number of hydrogen-bond donors (Lipinski definition) is 1. The molecule has 1 aromatic carbocycles. The van der Waals surface area contributed by atoms with Crippen LogP contribution >= 0.6 is 0 Å².